The molecule has 28 heavy (non-hydrogen) atoms. The Bertz CT molecular complexity index is 960. The van der Waals surface area contributed by atoms with Crippen LogP contribution in [0.3, 0.4) is 0 Å². The molecule has 0 unspecified atom stereocenters. The highest BCUT2D eigenvalue weighted by molar-refractivity contribution is 5.85. The van der Waals surface area contributed by atoms with E-state index in [1.807, 2.05) is 63.2 Å². The van der Waals surface area contributed by atoms with Gasteiger partial charge in [0.1, 0.15) is 11.4 Å². The number of ether oxygens (including phenoxy) is 2. The number of pyridine rings is 1. The average Bonchev–Trinajstić information content (AvgIpc) is 2.66. The van der Waals surface area contributed by atoms with Gasteiger partial charge in [-0.25, -0.2) is 4.79 Å². The Morgan fingerprint density at radius 2 is 1.79 bits per heavy atom. The first-order valence-corrected chi connectivity index (χ1v) is 9.36. The highest BCUT2D eigenvalue weighted by Gasteiger charge is 2.16. The average molecular weight is 378 g/mol. The molecule has 0 bridgehead atoms. The molecule has 0 atom stereocenters. The number of carbonyl (C=O) groups is 1. The van der Waals surface area contributed by atoms with E-state index in [1.165, 1.54) is 0 Å². The number of nitrogens with one attached hydrogen (secondary N) is 1. The van der Waals surface area contributed by atoms with Crippen molar-refractivity contribution in [1.29, 1.82) is 0 Å². The molecule has 3 rings (SSSR count). The van der Waals surface area contributed by atoms with Gasteiger partial charge in [-0.1, -0.05) is 30.3 Å². The first-order chi connectivity index (χ1) is 13.4. The summed E-state index contributed by atoms with van der Waals surface area (Å²) in [5, 5.41) is 3.89. The van der Waals surface area contributed by atoms with Gasteiger partial charge in [0, 0.05) is 23.9 Å². The molecular formula is C23H26N2O3. The smallest absolute Gasteiger partial charge is 0.407 e. The lowest BCUT2D eigenvalue weighted by molar-refractivity contribution is 0.0528. The van der Waals surface area contributed by atoms with Crippen LogP contribution in [0.15, 0.2) is 54.6 Å². The molecule has 1 aromatic heterocycles. The van der Waals surface area contributed by atoms with Crippen molar-refractivity contribution in [1.82, 2.24) is 10.3 Å². The summed E-state index contributed by atoms with van der Waals surface area (Å²) < 4.78 is 10.6. The second kappa shape index (κ2) is 8.30. The Kier molecular flexibility index (Phi) is 5.83. The summed E-state index contributed by atoms with van der Waals surface area (Å²) in [5.41, 5.74) is 3.46. The van der Waals surface area contributed by atoms with Crippen molar-refractivity contribution < 1.29 is 14.3 Å². The molecule has 1 heterocycles. The van der Waals surface area contributed by atoms with Gasteiger partial charge in [-0.05, 0) is 50.6 Å². The minimum Gasteiger partial charge on any atom is -0.497 e. The summed E-state index contributed by atoms with van der Waals surface area (Å²) in [7, 11) is 1.65. The number of fused-ring (bicyclic) bond motifs is 1. The second-order valence-electron chi connectivity index (χ2n) is 7.58. The minimum atomic E-state index is -0.514. The van der Waals surface area contributed by atoms with Crippen LogP contribution >= 0.6 is 0 Å². The molecule has 0 aliphatic carbocycles. The zero-order valence-electron chi connectivity index (χ0n) is 16.8. The van der Waals surface area contributed by atoms with Crippen LogP contribution in [-0.4, -0.2) is 30.3 Å². The van der Waals surface area contributed by atoms with Crippen molar-refractivity contribution in [2.45, 2.75) is 32.8 Å². The normalized spacial score (nSPS) is 11.3. The van der Waals surface area contributed by atoms with E-state index >= 15 is 0 Å². The van der Waals surface area contributed by atoms with Gasteiger partial charge in [-0.2, -0.15) is 0 Å². The van der Waals surface area contributed by atoms with Gasteiger partial charge in [0.25, 0.3) is 0 Å². The Hall–Kier alpha value is -3.08. The molecule has 0 fully saturated rings. The number of benzene rings is 2. The van der Waals surface area contributed by atoms with Crippen LogP contribution in [0, 0.1) is 0 Å². The SMILES string of the molecule is COc1ccc(-c2cc3ccccc3nc2CCNC(=O)OC(C)(C)C)cc1. The number of hydrogen-bond acceptors (Lipinski definition) is 4. The van der Waals surface area contributed by atoms with Crippen molar-refractivity contribution in [2.24, 2.45) is 0 Å². The summed E-state index contributed by atoms with van der Waals surface area (Å²) >= 11 is 0. The van der Waals surface area contributed by atoms with Gasteiger partial charge < -0.3 is 14.8 Å². The molecule has 3 aromatic rings. The summed E-state index contributed by atoms with van der Waals surface area (Å²) in [6, 6.07) is 18.1. The first kappa shape index (κ1) is 19.7. The molecule has 0 radical (unpaired) electrons. The van der Waals surface area contributed by atoms with E-state index in [1.54, 1.807) is 7.11 Å². The molecule has 0 aliphatic heterocycles. The lowest BCUT2D eigenvalue weighted by Crippen LogP contribution is -2.33. The van der Waals surface area contributed by atoms with E-state index in [4.69, 9.17) is 14.5 Å². The fraction of sp³-hybridized carbons (Fsp3) is 0.304. The zero-order chi connectivity index (χ0) is 20.1. The van der Waals surface area contributed by atoms with Gasteiger partial charge in [-0.15, -0.1) is 0 Å². The molecule has 5 nitrogen and oxygen atoms in total. The lowest BCUT2D eigenvalue weighted by atomic mass is 9.99. The minimum absolute atomic E-state index is 0.417. The molecule has 2 aromatic carbocycles. The molecule has 1 N–H and O–H groups in total. The van der Waals surface area contributed by atoms with Crippen LogP contribution in [0.4, 0.5) is 4.79 Å². The van der Waals surface area contributed by atoms with E-state index < -0.39 is 11.7 Å². The fourth-order valence-electron chi connectivity index (χ4n) is 2.96. The van der Waals surface area contributed by atoms with E-state index in [2.05, 4.69) is 17.4 Å². The van der Waals surface area contributed by atoms with Gasteiger partial charge in [0.15, 0.2) is 0 Å². The quantitative estimate of drug-likeness (QED) is 0.680. The Morgan fingerprint density at radius 1 is 1.07 bits per heavy atom. The van der Waals surface area contributed by atoms with Crippen molar-refractivity contribution >= 4 is 17.0 Å². The monoisotopic (exact) mass is 378 g/mol. The number of nitrogens with zero attached hydrogens (tertiary/aromatic N) is 1. The number of rotatable bonds is 5. The molecule has 0 saturated heterocycles. The Morgan fingerprint density at radius 3 is 2.46 bits per heavy atom. The van der Waals surface area contributed by atoms with Gasteiger partial charge >= 0.3 is 6.09 Å². The van der Waals surface area contributed by atoms with Crippen LogP contribution in [0.1, 0.15) is 26.5 Å². The molecular weight excluding hydrogens is 352 g/mol. The topological polar surface area (TPSA) is 60.5 Å². The zero-order valence-corrected chi connectivity index (χ0v) is 16.8. The summed E-state index contributed by atoms with van der Waals surface area (Å²) in [6.45, 7) is 5.99. The van der Waals surface area contributed by atoms with Crippen LogP contribution in [0.5, 0.6) is 5.75 Å². The highest BCUT2D eigenvalue weighted by atomic mass is 16.6. The highest BCUT2D eigenvalue weighted by Crippen LogP contribution is 2.28. The standard InChI is InChI=1S/C23H26N2O3/c1-23(2,3)28-22(26)24-14-13-21-19(16-9-11-18(27-4)12-10-16)15-17-7-5-6-8-20(17)25-21/h5-12,15H,13-14H2,1-4H3,(H,24,26). The number of methoxy groups -OCH3 is 1. The fourth-order valence-corrected chi connectivity index (χ4v) is 2.96. The van der Waals surface area contributed by atoms with Gasteiger partial charge in [-0.3, -0.25) is 4.98 Å². The van der Waals surface area contributed by atoms with Crippen LogP contribution in [0.2, 0.25) is 0 Å². The Labute approximate surface area is 165 Å². The number of para-hydroxylation sites is 1. The molecule has 0 saturated carbocycles. The molecule has 5 heteroatoms. The summed E-state index contributed by atoms with van der Waals surface area (Å²) in [4.78, 5) is 16.8. The van der Waals surface area contributed by atoms with Crippen molar-refractivity contribution in [3.63, 3.8) is 0 Å². The third-order valence-corrected chi connectivity index (χ3v) is 4.23. The number of aromatic nitrogens is 1. The van der Waals surface area contributed by atoms with E-state index in [0.717, 1.165) is 33.5 Å². The van der Waals surface area contributed by atoms with Gasteiger partial charge in [0.2, 0.25) is 0 Å². The predicted molar refractivity (Wildman–Crippen MR) is 112 cm³/mol. The predicted octanol–water partition coefficient (Wildman–Crippen LogP) is 4.98. The molecule has 0 aliphatic rings. The third-order valence-electron chi connectivity index (χ3n) is 4.23. The maximum absolute atomic E-state index is 11.9. The number of hydrogen-bond donors (Lipinski definition) is 1. The van der Waals surface area contributed by atoms with Crippen LogP contribution in [-0.2, 0) is 11.2 Å². The maximum atomic E-state index is 11.9. The largest absolute Gasteiger partial charge is 0.497 e. The number of amides is 1. The molecule has 146 valence electrons. The third kappa shape index (κ3) is 5.00. The van der Waals surface area contributed by atoms with E-state index in [0.29, 0.717) is 13.0 Å². The van der Waals surface area contributed by atoms with Crippen molar-refractivity contribution in [2.75, 3.05) is 13.7 Å². The lowest BCUT2D eigenvalue weighted by Gasteiger charge is -2.19. The first-order valence-electron chi connectivity index (χ1n) is 9.36. The van der Waals surface area contributed by atoms with Crippen molar-refractivity contribution in [3.05, 3.63) is 60.3 Å². The maximum Gasteiger partial charge on any atom is 0.407 e. The summed E-state index contributed by atoms with van der Waals surface area (Å²) in [6.07, 6.45) is 0.185. The number of carbonyl (C=O) groups excluding carboxylic acids is 1. The van der Waals surface area contributed by atoms with Gasteiger partial charge in [0.05, 0.1) is 18.3 Å². The van der Waals surface area contributed by atoms with Crippen LogP contribution in [0.25, 0.3) is 22.0 Å². The second-order valence-corrected chi connectivity index (χ2v) is 7.58. The Balaban J connectivity index is 1.85. The number of alkyl carbamates (subject to hydrolysis) is 1. The molecule has 0 spiro atoms. The van der Waals surface area contributed by atoms with E-state index in [9.17, 15) is 4.79 Å². The van der Waals surface area contributed by atoms with Crippen LogP contribution < -0.4 is 10.1 Å². The van der Waals surface area contributed by atoms with E-state index in [-0.39, 0.29) is 0 Å². The summed E-state index contributed by atoms with van der Waals surface area (Å²) in [5.74, 6) is 0.811. The molecule has 1 amide bonds. The van der Waals surface area contributed by atoms with Crippen molar-refractivity contribution in [3.8, 4) is 16.9 Å².